The van der Waals surface area contributed by atoms with Crippen LogP contribution in [0.2, 0.25) is 0 Å². The topological polar surface area (TPSA) is 39.0 Å². The molecule has 0 spiro atoms. The van der Waals surface area contributed by atoms with Gasteiger partial charge in [-0.2, -0.15) is 0 Å². The monoisotopic (exact) mass is 399 g/mol. The number of hydrogen-bond donors (Lipinski definition) is 1. The minimum atomic E-state index is -0.0351. The van der Waals surface area contributed by atoms with Gasteiger partial charge in [-0.15, -0.1) is 12.2 Å². The van der Waals surface area contributed by atoms with E-state index in [9.17, 15) is 0 Å². The van der Waals surface area contributed by atoms with Crippen molar-refractivity contribution in [3.8, 4) is 11.1 Å². The number of fused-ring (bicyclic) bond motifs is 3. The zero-order valence-electron chi connectivity index (χ0n) is 15.0. The van der Waals surface area contributed by atoms with E-state index in [0.717, 1.165) is 23.7 Å². The van der Waals surface area contributed by atoms with E-state index >= 15 is 0 Å². The van der Waals surface area contributed by atoms with Crippen LogP contribution in [0.25, 0.3) is 16.4 Å². The Labute approximate surface area is 198 Å². The molecule has 0 radical (unpaired) electrons. The van der Waals surface area contributed by atoms with Gasteiger partial charge < -0.3 is 10.6 Å². The van der Waals surface area contributed by atoms with Crippen LogP contribution in [-0.4, -0.2) is 11.5 Å². The predicted octanol–water partition coefficient (Wildman–Crippen LogP) is 2.79. The van der Waals surface area contributed by atoms with Gasteiger partial charge in [0.05, 0.1) is 0 Å². The third-order valence-electron chi connectivity index (χ3n) is 4.52. The van der Waals surface area contributed by atoms with Crippen molar-refractivity contribution in [2.24, 2.45) is 0 Å². The van der Waals surface area contributed by atoms with Crippen LogP contribution in [-0.2, 0) is 5.41 Å². The van der Waals surface area contributed by atoms with Gasteiger partial charge in [0.2, 0.25) is 0 Å². The standard InChI is InChI=1S/C21H20N3.Rb/c1-21(2)14-23-19-11-7-6-10-16(19)17-12-20(22-13-18(17)21)24-15-8-4-3-5-9-15;/h3-13H,14H2,1-2H3,(H,22,24);/q-1;+1. The van der Waals surface area contributed by atoms with Gasteiger partial charge >= 0.3 is 58.2 Å². The van der Waals surface area contributed by atoms with Crippen LogP contribution in [0.15, 0.2) is 66.9 Å². The van der Waals surface area contributed by atoms with Crippen LogP contribution in [0.3, 0.4) is 0 Å². The number of rotatable bonds is 2. The summed E-state index contributed by atoms with van der Waals surface area (Å²) in [5.74, 6) is 0.854. The summed E-state index contributed by atoms with van der Waals surface area (Å²) in [7, 11) is 0. The molecule has 4 heteroatoms. The Balaban J connectivity index is 0.00000182. The number of anilines is 2. The molecule has 1 aliphatic heterocycles. The summed E-state index contributed by atoms with van der Waals surface area (Å²) < 4.78 is 0. The zero-order valence-corrected chi connectivity index (χ0v) is 19.9. The number of nitrogens with zero attached hydrogens (tertiary/aromatic N) is 2. The second kappa shape index (κ2) is 7.71. The zero-order chi connectivity index (χ0) is 16.6. The normalized spacial score (nSPS) is 14.2. The molecule has 3 aromatic rings. The molecule has 1 aromatic heterocycles. The van der Waals surface area contributed by atoms with Gasteiger partial charge in [-0.05, 0) is 40.3 Å². The first-order valence-corrected chi connectivity index (χ1v) is 8.23. The van der Waals surface area contributed by atoms with E-state index in [1.807, 2.05) is 42.6 Å². The number of benzene rings is 2. The van der Waals surface area contributed by atoms with Crippen molar-refractivity contribution in [2.45, 2.75) is 19.3 Å². The average Bonchev–Trinajstić information content (AvgIpc) is 2.71. The average molecular weight is 400 g/mol. The van der Waals surface area contributed by atoms with Crippen molar-refractivity contribution in [1.29, 1.82) is 0 Å². The molecule has 1 aliphatic rings. The Morgan fingerprint density at radius 2 is 1.68 bits per heavy atom. The molecular formula is C21H20N3Rb. The Morgan fingerprint density at radius 1 is 0.960 bits per heavy atom. The van der Waals surface area contributed by atoms with Crippen molar-refractivity contribution in [1.82, 2.24) is 4.98 Å². The van der Waals surface area contributed by atoms with Crippen LogP contribution >= 0.6 is 0 Å². The number of aromatic nitrogens is 1. The van der Waals surface area contributed by atoms with E-state index < -0.39 is 0 Å². The van der Waals surface area contributed by atoms with Crippen molar-refractivity contribution >= 4 is 17.2 Å². The minimum absolute atomic E-state index is 0. The SMILES string of the molecule is CC1(C)C[N-]c2ccccc2-c2cc(Nc3ccccc3)ncc21.[Rb+]. The number of pyridine rings is 1. The van der Waals surface area contributed by atoms with Gasteiger partial charge in [0.25, 0.3) is 0 Å². The molecule has 1 N–H and O–H groups in total. The summed E-state index contributed by atoms with van der Waals surface area (Å²) in [4.78, 5) is 4.64. The summed E-state index contributed by atoms with van der Waals surface area (Å²) >= 11 is 0. The largest absolute Gasteiger partial charge is 1.00 e. The molecule has 2 heterocycles. The van der Waals surface area contributed by atoms with Crippen molar-refractivity contribution in [3.63, 3.8) is 0 Å². The molecule has 0 atom stereocenters. The Morgan fingerprint density at radius 3 is 2.48 bits per heavy atom. The maximum Gasteiger partial charge on any atom is 1.00 e. The molecule has 25 heavy (non-hydrogen) atoms. The first kappa shape index (κ1) is 18.8. The Bertz CT molecular complexity index is 875. The second-order valence-electron chi connectivity index (χ2n) is 6.82. The van der Waals surface area contributed by atoms with Gasteiger partial charge in [0.1, 0.15) is 5.82 Å². The van der Waals surface area contributed by atoms with Crippen LogP contribution in [0, 0.1) is 0 Å². The molecule has 0 bridgehead atoms. The molecule has 4 rings (SSSR count). The summed E-state index contributed by atoms with van der Waals surface area (Å²) in [6.07, 6.45) is 2.00. The van der Waals surface area contributed by atoms with E-state index in [-0.39, 0.29) is 63.6 Å². The smallest absolute Gasteiger partial charge is 0.683 e. The number of hydrogen-bond acceptors (Lipinski definition) is 2. The van der Waals surface area contributed by atoms with E-state index in [4.69, 9.17) is 5.32 Å². The molecular weight excluding hydrogens is 380 g/mol. The fourth-order valence-corrected chi connectivity index (χ4v) is 3.16. The van der Waals surface area contributed by atoms with Gasteiger partial charge in [0, 0.05) is 11.9 Å². The summed E-state index contributed by atoms with van der Waals surface area (Å²) in [5, 5.41) is 8.21. The number of para-hydroxylation sites is 2. The predicted molar refractivity (Wildman–Crippen MR) is 100 cm³/mol. The fourth-order valence-electron chi connectivity index (χ4n) is 3.16. The molecule has 0 saturated heterocycles. The van der Waals surface area contributed by atoms with Gasteiger partial charge in [0.15, 0.2) is 0 Å². The van der Waals surface area contributed by atoms with Crippen molar-refractivity contribution in [3.05, 3.63) is 77.7 Å². The summed E-state index contributed by atoms with van der Waals surface area (Å²) in [5.41, 5.74) is 5.70. The molecule has 0 aliphatic carbocycles. The van der Waals surface area contributed by atoms with Crippen molar-refractivity contribution < 1.29 is 58.2 Å². The molecule has 0 saturated carbocycles. The fraction of sp³-hybridized carbons (Fsp3) is 0.190. The first-order chi connectivity index (χ1) is 11.6. The van der Waals surface area contributed by atoms with E-state index in [1.54, 1.807) is 0 Å². The van der Waals surface area contributed by atoms with E-state index in [2.05, 4.69) is 48.4 Å². The molecule has 0 fully saturated rings. The first-order valence-electron chi connectivity index (χ1n) is 8.23. The van der Waals surface area contributed by atoms with Crippen LogP contribution in [0.1, 0.15) is 19.4 Å². The van der Waals surface area contributed by atoms with Gasteiger partial charge in [-0.3, -0.25) is 0 Å². The molecule has 0 unspecified atom stereocenters. The maximum atomic E-state index is 4.82. The van der Waals surface area contributed by atoms with Crippen molar-refractivity contribution in [2.75, 3.05) is 11.9 Å². The molecule has 120 valence electrons. The minimum Gasteiger partial charge on any atom is -0.683 e. The third-order valence-corrected chi connectivity index (χ3v) is 4.52. The Kier molecular flexibility index (Phi) is 5.79. The number of nitrogens with one attached hydrogen (secondary N) is 1. The maximum absolute atomic E-state index is 4.82. The van der Waals surface area contributed by atoms with Crippen LogP contribution in [0.4, 0.5) is 17.2 Å². The van der Waals surface area contributed by atoms with Gasteiger partial charge in [-0.1, -0.05) is 56.3 Å². The van der Waals surface area contributed by atoms with Gasteiger partial charge in [-0.25, -0.2) is 4.98 Å². The van der Waals surface area contributed by atoms with Crippen LogP contribution in [0.5, 0.6) is 0 Å². The second-order valence-corrected chi connectivity index (χ2v) is 6.82. The van der Waals surface area contributed by atoms with Crippen LogP contribution < -0.4 is 63.5 Å². The summed E-state index contributed by atoms with van der Waals surface area (Å²) in [6.45, 7) is 5.23. The van der Waals surface area contributed by atoms with E-state index in [0.29, 0.717) is 0 Å². The quantitative estimate of drug-likeness (QED) is 0.719. The molecule has 0 amide bonds. The summed E-state index contributed by atoms with van der Waals surface area (Å²) in [6, 6.07) is 20.6. The molecule has 2 aromatic carbocycles. The Hall–Kier alpha value is -1.00. The van der Waals surface area contributed by atoms with E-state index in [1.165, 1.54) is 16.7 Å². The third kappa shape index (κ3) is 3.90. The molecule has 3 nitrogen and oxygen atoms in total.